The molecule has 0 saturated heterocycles. The van der Waals surface area contributed by atoms with Crippen molar-refractivity contribution >= 4 is 28.2 Å². The van der Waals surface area contributed by atoms with Crippen molar-refractivity contribution in [3.63, 3.8) is 0 Å². The van der Waals surface area contributed by atoms with Gasteiger partial charge in [0, 0.05) is 6.42 Å². The highest BCUT2D eigenvalue weighted by Crippen LogP contribution is 2.30. The first-order valence-electron chi connectivity index (χ1n) is 8.44. The highest BCUT2D eigenvalue weighted by Gasteiger charge is 2.19. The number of benzene rings is 2. The Labute approximate surface area is 164 Å². The fourth-order valence-corrected chi connectivity index (χ4v) is 3.10. The van der Waals surface area contributed by atoms with E-state index in [4.69, 9.17) is 4.74 Å². The molecule has 0 unspecified atom stereocenters. The molecular weight excluding hydrogens is 386 g/mol. The molecule has 28 heavy (non-hydrogen) atoms. The first kappa shape index (κ1) is 19.6. The molecule has 1 aromatic heterocycles. The second-order valence-electron chi connectivity index (χ2n) is 5.84. The standard InChI is InChI=1S/C20H16F2N2O3S/c1-2-16(25)19(26)27-17-11-28-20(23-17)24-18(12-3-7-14(21)8-4-12)13-5-9-15(22)10-6-13/h3-11,18H,2H2,1H3,(H,23,24). The summed E-state index contributed by atoms with van der Waals surface area (Å²) in [4.78, 5) is 27.1. The summed E-state index contributed by atoms with van der Waals surface area (Å²) in [5, 5.41) is 5.09. The minimum atomic E-state index is -0.965. The van der Waals surface area contributed by atoms with Crippen LogP contribution < -0.4 is 10.1 Å². The summed E-state index contributed by atoms with van der Waals surface area (Å²) in [5.74, 6) is -2.33. The molecule has 1 N–H and O–H groups in total. The number of aromatic nitrogens is 1. The van der Waals surface area contributed by atoms with Crippen LogP contribution in [0.25, 0.3) is 0 Å². The van der Waals surface area contributed by atoms with Crippen LogP contribution in [0.4, 0.5) is 13.9 Å². The molecule has 0 aliphatic heterocycles. The molecule has 0 aliphatic rings. The van der Waals surface area contributed by atoms with Crippen molar-refractivity contribution in [2.24, 2.45) is 0 Å². The van der Waals surface area contributed by atoms with Crippen LogP contribution in [0.3, 0.4) is 0 Å². The number of nitrogens with zero attached hydrogens (tertiary/aromatic N) is 1. The number of carbonyl (C=O) groups excluding carboxylic acids is 2. The summed E-state index contributed by atoms with van der Waals surface area (Å²) < 4.78 is 31.5. The molecule has 144 valence electrons. The van der Waals surface area contributed by atoms with Gasteiger partial charge in [0.05, 0.1) is 11.4 Å². The van der Waals surface area contributed by atoms with Crippen LogP contribution in [0.2, 0.25) is 0 Å². The number of hydrogen-bond donors (Lipinski definition) is 1. The number of anilines is 1. The van der Waals surface area contributed by atoms with Gasteiger partial charge in [-0.3, -0.25) is 4.79 Å². The van der Waals surface area contributed by atoms with Crippen LogP contribution in [0, 0.1) is 11.6 Å². The largest absolute Gasteiger partial charge is 0.401 e. The monoisotopic (exact) mass is 402 g/mol. The number of nitrogens with one attached hydrogen (secondary N) is 1. The summed E-state index contributed by atoms with van der Waals surface area (Å²) in [6, 6.07) is 11.4. The summed E-state index contributed by atoms with van der Waals surface area (Å²) in [7, 11) is 0. The third-order valence-corrected chi connectivity index (χ3v) is 4.66. The Kier molecular flexibility index (Phi) is 6.10. The quantitative estimate of drug-likeness (QED) is 0.465. The molecule has 8 heteroatoms. The second-order valence-corrected chi connectivity index (χ2v) is 6.70. The molecule has 3 rings (SSSR count). The van der Waals surface area contributed by atoms with Crippen LogP contribution >= 0.6 is 11.3 Å². The molecule has 0 radical (unpaired) electrons. The van der Waals surface area contributed by atoms with E-state index in [0.29, 0.717) is 5.13 Å². The average molecular weight is 402 g/mol. The fraction of sp³-hybridized carbons (Fsp3) is 0.150. The first-order chi connectivity index (χ1) is 13.5. The van der Waals surface area contributed by atoms with Gasteiger partial charge in [0.15, 0.2) is 5.13 Å². The lowest BCUT2D eigenvalue weighted by molar-refractivity contribution is -0.147. The van der Waals surface area contributed by atoms with Crippen LogP contribution in [-0.2, 0) is 9.59 Å². The Bertz CT molecular complexity index is 926. The van der Waals surface area contributed by atoms with Gasteiger partial charge < -0.3 is 10.1 Å². The molecule has 5 nitrogen and oxygen atoms in total. The van der Waals surface area contributed by atoms with Crippen molar-refractivity contribution in [1.82, 2.24) is 4.98 Å². The molecule has 0 aliphatic carbocycles. The van der Waals surface area contributed by atoms with Crippen LogP contribution in [0.5, 0.6) is 5.88 Å². The van der Waals surface area contributed by atoms with Gasteiger partial charge in [-0.1, -0.05) is 31.2 Å². The molecule has 0 amide bonds. The van der Waals surface area contributed by atoms with E-state index in [9.17, 15) is 18.4 Å². The van der Waals surface area contributed by atoms with Gasteiger partial charge in [-0.05, 0) is 35.4 Å². The zero-order chi connectivity index (χ0) is 20.1. The Morgan fingerprint density at radius 1 is 1.04 bits per heavy atom. The number of rotatable bonds is 7. The van der Waals surface area contributed by atoms with Crippen molar-refractivity contribution in [2.75, 3.05) is 5.32 Å². The van der Waals surface area contributed by atoms with Crippen molar-refractivity contribution in [2.45, 2.75) is 19.4 Å². The summed E-state index contributed by atoms with van der Waals surface area (Å²) in [6.45, 7) is 1.56. The van der Waals surface area contributed by atoms with Gasteiger partial charge in [0.1, 0.15) is 11.6 Å². The highest BCUT2D eigenvalue weighted by molar-refractivity contribution is 7.13. The zero-order valence-corrected chi connectivity index (χ0v) is 15.6. The average Bonchev–Trinajstić information content (AvgIpc) is 3.14. The molecular formula is C20H16F2N2O3S. The molecule has 0 bridgehead atoms. The number of hydrogen-bond acceptors (Lipinski definition) is 6. The van der Waals surface area contributed by atoms with E-state index in [1.807, 2.05) is 0 Å². The van der Waals surface area contributed by atoms with Crippen LogP contribution in [0.15, 0.2) is 53.9 Å². The number of Topliss-reactive ketones (excluding diaryl/α,β-unsaturated/α-hetero) is 1. The molecule has 2 aromatic carbocycles. The van der Waals surface area contributed by atoms with Gasteiger partial charge in [-0.2, -0.15) is 4.98 Å². The van der Waals surface area contributed by atoms with Gasteiger partial charge in [0.25, 0.3) is 0 Å². The van der Waals surface area contributed by atoms with Crippen molar-refractivity contribution in [1.29, 1.82) is 0 Å². The van der Waals surface area contributed by atoms with E-state index in [0.717, 1.165) is 11.1 Å². The third-order valence-electron chi connectivity index (χ3n) is 3.90. The SMILES string of the molecule is CCC(=O)C(=O)Oc1csc(NC(c2ccc(F)cc2)c2ccc(F)cc2)n1. The number of esters is 1. The molecule has 0 spiro atoms. The van der Waals surface area contributed by atoms with E-state index < -0.39 is 17.8 Å². The fourth-order valence-electron chi connectivity index (χ4n) is 2.46. The van der Waals surface area contributed by atoms with Gasteiger partial charge in [-0.15, -0.1) is 11.3 Å². The summed E-state index contributed by atoms with van der Waals surface area (Å²) in [5.41, 5.74) is 1.48. The summed E-state index contributed by atoms with van der Waals surface area (Å²) in [6.07, 6.45) is 0.0469. The third kappa shape index (κ3) is 4.77. The maximum absolute atomic E-state index is 13.3. The van der Waals surface area contributed by atoms with Gasteiger partial charge in [-0.25, -0.2) is 13.6 Å². The van der Waals surface area contributed by atoms with Crippen LogP contribution in [0.1, 0.15) is 30.5 Å². The number of carbonyl (C=O) groups is 2. The molecule has 0 fully saturated rings. The van der Waals surface area contributed by atoms with E-state index in [1.165, 1.54) is 41.0 Å². The molecule has 0 saturated carbocycles. The lowest BCUT2D eigenvalue weighted by Crippen LogP contribution is -2.19. The number of ketones is 1. The molecule has 1 heterocycles. The lowest BCUT2D eigenvalue weighted by atomic mass is 9.99. The Morgan fingerprint density at radius 3 is 2.07 bits per heavy atom. The number of ether oxygens (including phenoxy) is 1. The maximum atomic E-state index is 13.3. The Hall–Kier alpha value is -3.13. The minimum absolute atomic E-state index is 0.0104. The molecule has 3 aromatic rings. The lowest BCUT2D eigenvalue weighted by Gasteiger charge is -2.19. The smallest absolute Gasteiger partial charge is 0.381 e. The maximum Gasteiger partial charge on any atom is 0.381 e. The van der Waals surface area contributed by atoms with E-state index in [-0.39, 0.29) is 23.9 Å². The van der Waals surface area contributed by atoms with E-state index in [1.54, 1.807) is 31.2 Å². The van der Waals surface area contributed by atoms with Crippen LogP contribution in [-0.4, -0.2) is 16.7 Å². The van der Waals surface area contributed by atoms with Gasteiger partial charge in [0.2, 0.25) is 11.7 Å². The molecule has 0 atom stereocenters. The number of thiazole rings is 1. The normalized spacial score (nSPS) is 10.7. The predicted molar refractivity (Wildman–Crippen MR) is 101 cm³/mol. The second kappa shape index (κ2) is 8.71. The Balaban J connectivity index is 1.84. The zero-order valence-electron chi connectivity index (χ0n) is 14.8. The van der Waals surface area contributed by atoms with E-state index >= 15 is 0 Å². The topological polar surface area (TPSA) is 68.3 Å². The minimum Gasteiger partial charge on any atom is -0.401 e. The van der Waals surface area contributed by atoms with Gasteiger partial charge >= 0.3 is 5.97 Å². The van der Waals surface area contributed by atoms with Crippen molar-refractivity contribution in [3.05, 3.63) is 76.7 Å². The highest BCUT2D eigenvalue weighted by atomic mass is 32.1. The van der Waals surface area contributed by atoms with Crippen molar-refractivity contribution in [3.8, 4) is 5.88 Å². The van der Waals surface area contributed by atoms with Crippen molar-refractivity contribution < 1.29 is 23.1 Å². The Morgan fingerprint density at radius 2 is 1.57 bits per heavy atom. The number of halogens is 2. The summed E-state index contributed by atoms with van der Waals surface area (Å²) >= 11 is 1.18. The van der Waals surface area contributed by atoms with E-state index in [2.05, 4.69) is 10.3 Å². The predicted octanol–water partition coefficient (Wildman–Crippen LogP) is 4.51. The first-order valence-corrected chi connectivity index (χ1v) is 9.32.